The molecule has 1 saturated heterocycles. The molecule has 0 spiro atoms. The zero-order chi connectivity index (χ0) is 23.8. The van der Waals surface area contributed by atoms with Crippen molar-refractivity contribution < 1.29 is 23.9 Å². The topological polar surface area (TPSA) is 76.2 Å². The molecule has 3 aromatic rings. The molecule has 3 aromatic carbocycles. The average Bonchev–Trinajstić information content (AvgIpc) is 3.41. The third-order valence-corrected chi connectivity index (χ3v) is 6.65. The Morgan fingerprint density at radius 1 is 1.00 bits per heavy atom. The smallest absolute Gasteiger partial charge is 0.257 e. The van der Waals surface area contributed by atoms with E-state index in [1.165, 1.54) is 9.80 Å². The van der Waals surface area contributed by atoms with E-state index >= 15 is 0 Å². The Morgan fingerprint density at radius 2 is 1.71 bits per heavy atom. The zero-order valence-electron chi connectivity index (χ0n) is 18.4. The Balaban J connectivity index is 1.49. The lowest BCUT2D eigenvalue weighted by molar-refractivity contribution is -0.122. The van der Waals surface area contributed by atoms with Gasteiger partial charge in [-0.25, -0.2) is 4.90 Å². The molecule has 0 N–H and O–H groups in total. The maximum absolute atomic E-state index is 13.6. The number of benzene rings is 3. The number of fused-ring (bicyclic) bond motifs is 1. The molecule has 172 valence electrons. The highest BCUT2D eigenvalue weighted by Crippen LogP contribution is 2.34. The van der Waals surface area contributed by atoms with Crippen LogP contribution in [-0.2, 0) is 16.1 Å². The van der Waals surface area contributed by atoms with Crippen molar-refractivity contribution in [1.82, 2.24) is 4.90 Å². The standard InChI is InChI=1S/C26H21IN2O5/c1-16-2-5-18(6-3-16)25(31)28(14-17-4-11-22-23(12-17)34-15-33-22)21-13-24(30)29(26(21)32)20-9-7-19(27)8-10-20/h2-12,21H,13-15H2,1H3. The summed E-state index contributed by atoms with van der Waals surface area (Å²) in [5.74, 6) is 0.177. The highest BCUT2D eigenvalue weighted by Gasteiger charge is 2.44. The van der Waals surface area contributed by atoms with E-state index in [1.54, 1.807) is 36.4 Å². The Morgan fingerprint density at radius 3 is 2.44 bits per heavy atom. The summed E-state index contributed by atoms with van der Waals surface area (Å²) < 4.78 is 11.8. The van der Waals surface area contributed by atoms with Gasteiger partial charge < -0.3 is 14.4 Å². The monoisotopic (exact) mass is 568 g/mol. The molecule has 0 bridgehead atoms. The molecule has 2 heterocycles. The highest BCUT2D eigenvalue weighted by atomic mass is 127. The maximum Gasteiger partial charge on any atom is 0.257 e. The normalized spacial score (nSPS) is 16.8. The molecule has 0 aliphatic carbocycles. The summed E-state index contributed by atoms with van der Waals surface area (Å²) in [4.78, 5) is 42.7. The van der Waals surface area contributed by atoms with E-state index in [1.807, 2.05) is 37.3 Å². The minimum Gasteiger partial charge on any atom is -0.454 e. The van der Waals surface area contributed by atoms with Crippen molar-refractivity contribution in [3.63, 3.8) is 0 Å². The van der Waals surface area contributed by atoms with Crippen molar-refractivity contribution in [1.29, 1.82) is 0 Å². The van der Waals surface area contributed by atoms with Gasteiger partial charge in [0.25, 0.3) is 11.8 Å². The lowest BCUT2D eigenvalue weighted by Crippen LogP contribution is -2.45. The summed E-state index contributed by atoms with van der Waals surface area (Å²) in [6, 6.07) is 18.8. The minimum atomic E-state index is -0.911. The summed E-state index contributed by atoms with van der Waals surface area (Å²) in [6.07, 6.45) is -0.0764. The van der Waals surface area contributed by atoms with Crippen LogP contribution in [0.15, 0.2) is 66.7 Å². The quantitative estimate of drug-likeness (QED) is 0.339. The number of anilines is 1. The Labute approximate surface area is 210 Å². The third-order valence-electron chi connectivity index (χ3n) is 5.93. The van der Waals surface area contributed by atoms with Gasteiger partial charge in [0.15, 0.2) is 11.5 Å². The molecule has 0 radical (unpaired) electrons. The van der Waals surface area contributed by atoms with E-state index in [0.29, 0.717) is 22.7 Å². The lowest BCUT2D eigenvalue weighted by Gasteiger charge is -2.28. The minimum absolute atomic E-state index is 0.0764. The molecule has 2 aliphatic heterocycles. The first-order chi connectivity index (χ1) is 16.4. The summed E-state index contributed by atoms with van der Waals surface area (Å²) in [5, 5.41) is 0. The van der Waals surface area contributed by atoms with Crippen LogP contribution in [-0.4, -0.2) is 35.5 Å². The largest absolute Gasteiger partial charge is 0.454 e. The van der Waals surface area contributed by atoms with E-state index in [2.05, 4.69) is 22.6 Å². The van der Waals surface area contributed by atoms with Gasteiger partial charge in [0.2, 0.25) is 12.7 Å². The van der Waals surface area contributed by atoms with Crippen molar-refractivity contribution in [2.24, 2.45) is 0 Å². The second-order valence-electron chi connectivity index (χ2n) is 8.25. The van der Waals surface area contributed by atoms with Crippen LogP contribution in [0.4, 0.5) is 5.69 Å². The lowest BCUT2D eigenvalue weighted by atomic mass is 10.1. The van der Waals surface area contributed by atoms with Crippen LogP contribution in [0.25, 0.3) is 0 Å². The van der Waals surface area contributed by atoms with Crippen LogP contribution in [0.5, 0.6) is 11.5 Å². The predicted octanol–water partition coefficient (Wildman–Crippen LogP) is 4.30. The maximum atomic E-state index is 13.6. The van der Waals surface area contributed by atoms with Gasteiger partial charge in [-0.3, -0.25) is 14.4 Å². The number of aryl methyl sites for hydroxylation is 1. The average molecular weight is 568 g/mol. The number of rotatable bonds is 5. The van der Waals surface area contributed by atoms with Gasteiger partial charge in [-0.1, -0.05) is 23.8 Å². The van der Waals surface area contributed by atoms with E-state index in [-0.39, 0.29) is 31.6 Å². The number of halogens is 1. The van der Waals surface area contributed by atoms with Crippen molar-refractivity contribution >= 4 is 46.0 Å². The van der Waals surface area contributed by atoms with Crippen molar-refractivity contribution in [2.75, 3.05) is 11.7 Å². The number of carbonyl (C=O) groups excluding carboxylic acids is 3. The fourth-order valence-corrected chi connectivity index (χ4v) is 4.50. The molecule has 3 amide bonds. The van der Waals surface area contributed by atoms with Gasteiger partial charge in [0, 0.05) is 15.7 Å². The molecule has 8 heteroatoms. The number of hydrogen-bond donors (Lipinski definition) is 0. The van der Waals surface area contributed by atoms with E-state index < -0.39 is 11.9 Å². The van der Waals surface area contributed by atoms with Gasteiger partial charge in [-0.05, 0) is 83.6 Å². The summed E-state index contributed by atoms with van der Waals surface area (Å²) in [5.41, 5.74) is 2.76. The van der Waals surface area contributed by atoms with Gasteiger partial charge in [-0.15, -0.1) is 0 Å². The van der Waals surface area contributed by atoms with Crippen LogP contribution in [0, 0.1) is 10.5 Å². The SMILES string of the molecule is Cc1ccc(C(=O)N(Cc2ccc3c(c2)OCO3)C2CC(=O)N(c3ccc(I)cc3)C2=O)cc1. The summed E-state index contributed by atoms with van der Waals surface area (Å²) in [6.45, 7) is 2.23. The Bertz CT molecular complexity index is 1270. The van der Waals surface area contributed by atoms with Crippen LogP contribution in [0.1, 0.15) is 27.9 Å². The number of carbonyl (C=O) groups is 3. The fraction of sp³-hybridized carbons (Fsp3) is 0.192. The first-order valence-corrected chi connectivity index (χ1v) is 11.9. The number of hydrogen-bond acceptors (Lipinski definition) is 5. The van der Waals surface area contributed by atoms with Crippen LogP contribution >= 0.6 is 22.6 Å². The third kappa shape index (κ3) is 4.25. The van der Waals surface area contributed by atoms with Gasteiger partial charge in [0.05, 0.1) is 12.1 Å². The fourth-order valence-electron chi connectivity index (χ4n) is 4.14. The highest BCUT2D eigenvalue weighted by molar-refractivity contribution is 14.1. The number of ether oxygens (including phenoxy) is 2. The Kier molecular flexibility index (Phi) is 5.99. The van der Waals surface area contributed by atoms with Gasteiger partial charge >= 0.3 is 0 Å². The van der Waals surface area contributed by atoms with E-state index in [0.717, 1.165) is 14.7 Å². The number of amides is 3. The second kappa shape index (κ2) is 9.09. The van der Waals surface area contributed by atoms with Crippen molar-refractivity contribution in [3.8, 4) is 11.5 Å². The zero-order valence-corrected chi connectivity index (χ0v) is 20.5. The molecule has 1 fully saturated rings. The summed E-state index contributed by atoms with van der Waals surface area (Å²) >= 11 is 2.17. The summed E-state index contributed by atoms with van der Waals surface area (Å²) in [7, 11) is 0. The molecule has 2 aliphatic rings. The molecule has 7 nitrogen and oxygen atoms in total. The Hall–Kier alpha value is -3.40. The van der Waals surface area contributed by atoms with Crippen molar-refractivity contribution in [3.05, 3.63) is 87.0 Å². The molecular weight excluding hydrogens is 547 g/mol. The first-order valence-electron chi connectivity index (χ1n) is 10.8. The van der Waals surface area contributed by atoms with Crippen LogP contribution < -0.4 is 14.4 Å². The molecule has 0 saturated carbocycles. The van der Waals surface area contributed by atoms with Gasteiger partial charge in [0.1, 0.15) is 6.04 Å². The van der Waals surface area contributed by atoms with E-state index in [9.17, 15) is 14.4 Å². The molecule has 0 aromatic heterocycles. The molecular formula is C26H21IN2O5. The molecule has 5 rings (SSSR count). The first kappa shape index (κ1) is 22.4. The van der Waals surface area contributed by atoms with E-state index in [4.69, 9.17) is 9.47 Å². The molecule has 1 unspecified atom stereocenters. The number of imide groups is 1. The molecule has 1 atom stereocenters. The van der Waals surface area contributed by atoms with Crippen LogP contribution in [0.2, 0.25) is 0 Å². The van der Waals surface area contributed by atoms with Crippen molar-refractivity contribution in [2.45, 2.75) is 25.9 Å². The number of nitrogens with zero attached hydrogens (tertiary/aromatic N) is 2. The van der Waals surface area contributed by atoms with Crippen LogP contribution in [0.3, 0.4) is 0 Å². The molecule has 34 heavy (non-hydrogen) atoms. The predicted molar refractivity (Wildman–Crippen MR) is 134 cm³/mol. The van der Waals surface area contributed by atoms with Gasteiger partial charge in [-0.2, -0.15) is 0 Å². The second-order valence-corrected chi connectivity index (χ2v) is 9.50.